The van der Waals surface area contributed by atoms with Crippen LogP contribution in [0.25, 0.3) is 0 Å². The highest BCUT2D eigenvalue weighted by molar-refractivity contribution is 9.10. The van der Waals surface area contributed by atoms with Gasteiger partial charge in [0, 0.05) is 5.69 Å². The summed E-state index contributed by atoms with van der Waals surface area (Å²) in [6.07, 6.45) is 0. The first-order valence-corrected chi connectivity index (χ1v) is 6.56. The Kier molecular flexibility index (Phi) is 5.00. The zero-order valence-corrected chi connectivity index (χ0v) is 12.2. The van der Waals surface area contributed by atoms with Crippen molar-refractivity contribution < 1.29 is 9.53 Å². The second-order valence-corrected chi connectivity index (χ2v) is 5.34. The summed E-state index contributed by atoms with van der Waals surface area (Å²) in [5.41, 5.74) is 2.88. The molecule has 0 heterocycles. The molecule has 0 aliphatic heterocycles. The summed E-state index contributed by atoms with van der Waals surface area (Å²) in [5, 5.41) is 2.91. The van der Waals surface area contributed by atoms with Gasteiger partial charge in [0.1, 0.15) is 5.75 Å². The molecule has 0 unspecified atom stereocenters. The fourth-order valence-corrected chi connectivity index (χ4v) is 1.71. The van der Waals surface area contributed by atoms with Gasteiger partial charge >= 0.3 is 0 Å². The molecule has 0 aliphatic carbocycles. The van der Waals surface area contributed by atoms with E-state index >= 15 is 0 Å². The molecular weight excluding hydrogens is 282 g/mol. The number of carbonyl (C=O) groups is 1. The largest absolute Gasteiger partial charge is 0.494 e. The van der Waals surface area contributed by atoms with Crippen molar-refractivity contribution in [3.8, 4) is 5.75 Å². The molecule has 1 atom stereocenters. The molecule has 17 heavy (non-hydrogen) atoms. The summed E-state index contributed by atoms with van der Waals surface area (Å²) in [6, 6.07) is 3.87. The van der Waals surface area contributed by atoms with Gasteiger partial charge in [-0.2, -0.15) is 0 Å². The Hall–Kier alpha value is -1.03. The molecule has 3 nitrogen and oxygen atoms in total. The van der Waals surface area contributed by atoms with Crippen LogP contribution in [0.3, 0.4) is 0 Å². The number of hydrogen-bond acceptors (Lipinski definition) is 2. The van der Waals surface area contributed by atoms with E-state index in [-0.39, 0.29) is 10.7 Å². The number of rotatable bonds is 4. The third-order valence-corrected chi connectivity index (χ3v) is 2.84. The molecule has 0 spiro atoms. The third kappa shape index (κ3) is 3.73. The molecule has 0 saturated carbocycles. The average Bonchev–Trinajstić information content (AvgIpc) is 2.23. The maximum absolute atomic E-state index is 11.6. The summed E-state index contributed by atoms with van der Waals surface area (Å²) in [5.74, 6) is 0.799. The predicted molar refractivity (Wildman–Crippen MR) is 74.1 cm³/mol. The number of nitrogens with one attached hydrogen (secondary N) is 1. The molecule has 0 radical (unpaired) electrons. The van der Waals surface area contributed by atoms with Crippen molar-refractivity contribution in [1.82, 2.24) is 0 Å². The summed E-state index contributed by atoms with van der Waals surface area (Å²) < 4.78 is 5.45. The number of hydrogen-bond donors (Lipinski definition) is 1. The Balaban J connectivity index is 2.97. The highest BCUT2D eigenvalue weighted by atomic mass is 79.9. The lowest BCUT2D eigenvalue weighted by Crippen LogP contribution is -2.21. The number of benzene rings is 1. The van der Waals surface area contributed by atoms with Gasteiger partial charge in [-0.05, 0) is 51.0 Å². The van der Waals surface area contributed by atoms with E-state index in [1.165, 1.54) is 0 Å². The maximum atomic E-state index is 11.6. The molecule has 0 aromatic heterocycles. The number of aryl methyl sites for hydroxylation is 2. The zero-order valence-electron chi connectivity index (χ0n) is 10.6. The maximum Gasteiger partial charge on any atom is 0.237 e. The Morgan fingerprint density at radius 2 is 1.94 bits per heavy atom. The Morgan fingerprint density at radius 1 is 1.41 bits per heavy atom. The van der Waals surface area contributed by atoms with Crippen LogP contribution >= 0.6 is 15.9 Å². The Labute approximate surface area is 111 Å². The van der Waals surface area contributed by atoms with Gasteiger partial charge in [-0.25, -0.2) is 0 Å². The van der Waals surface area contributed by atoms with E-state index in [1.807, 2.05) is 32.9 Å². The van der Waals surface area contributed by atoms with E-state index < -0.39 is 0 Å². The first-order valence-electron chi connectivity index (χ1n) is 5.64. The van der Waals surface area contributed by atoms with Crippen LogP contribution in [-0.4, -0.2) is 17.3 Å². The second-order valence-electron chi connectivity index (χ2n) is 3.97. The number of anilines is 1. The summed E-state index contributed by atoms with van der Waals surface area (Å²) in [7, 11) is 0. The van der Waals surface area contributed by atoms with Crippen LogP contribution in [0.1, 0.15) is 25.0 Å². The molecule has 0 fully saturated rings. The lowest BCUT2D eigenvalue weighted by atomic mass is 10.1. The van der Waals surface area contributed by atoms with Crippen molar-refractivity contribution in [3.63, 3.8) is 0 Å². The third-order valence-electron chi connectivity index (χ3n) is 2.43. The van der Waals surface area contributed by atoms with Crippen LogP contribution < -0.4 is 10.1 Å². The number of halogens is 1. The van der Waals surface area contributed by atoms with Crippen LogP contribution in [0.15, 0.2) is 12.1 Å². The van der Waals surface area contributed by atoms with Crippen LogP contribution in [0.2, 0.25) is 0 Å². The number of alkyl halides is 1. The summed E-state index contributed by atoms with van der Waals surface area (Å²) in [6.45, 7) is 8.32. The molecule has 1 aromatic carbocycles. The minimum Gasteiger partial charge on any atom is -0.494 e. The fraction of sp³-hybridized carbons (Fsp3) is 0.462. The quantitative estimate of drug-likeness (QED) is 0.865. The topological polar surface area (TPSA) is 38.3 Å². The fourth-order valence-electron chi connectivity index (χ4n) is 1.59. The summed E-state index contributed by atoms with van der Waals surface area (Å²) >= 11 is 3.25. The van der Waals surface area contributed by atoms with E-state index in [4.69, 9.17) is 4.74 Å². The zero-order chi connectivity index (χ0) is 13.0. The first kappa shape index (κ1) is 14.0. The van der Waals surface area contributed by atoms with E-state index in [2.05, 4.69) is 21.2 Å². The first-order chi connectivity index (χ1) is 7.95. The van der Waals surface area contributed by atoms with E-state index in [0.29, 0.717) is 6.61 Å². The van der Waals surface area contributed by atoms with Crippen molar-refractivity contribution in [2.24, 2.45) is 0 Å². The van der Waals surface area contributed by atoms with Gasteiger partial charge in [0.15, 0.2) is 0 Å². The molecule has 1 N–H and O–H groups in total. The monoisotopic (exact) mass is 299 g/mol. The minimum atomic E-state index is -0.201. The molecule has 0 bridgehead atoms. The molecule has 0 saturated heterocycles. The lowest BCUT2D eigenvalue weighted by molar-refractivity contribution is -0.115. The van der Waals surface area contributed by atoms with Gasteiger partial charge < -0.3 is 10.1 Å². The molecule has 1 rings (SSSR count). The van der Waals surface area contributed by atoms with Gasteiger partial charge in [0.25, 0.3) is 0 Å². The standard InChI is InChI=1S/C13H18BrNO2/c1-5-17-11-6-8(2)12(9(3)7-11)15-13(16)10(4)14/h6-7,10H,5H2,1-4H3,(H,15,16)/t10-/m1/s1. The molecular formula is C13H18BrNO2. The summed E-state index contributed by atoms with van der Waals surface area (Å²) in [4.78, 5) is 11.4. The van der Waals surface area contributed by atoms with Crippen LogP contribution in [-0.2, 0) is 4.79 Å². The Bertz CT molecular complexity index is 393. The van der Waals surface area contributed by atoms with E-state index in [9.17, 15) is 4.79 Å². The predicted octanol–water partition coefficient (Wildman–Crippen LogP) is 3.42. The Morgan fingerprint density at radius 3 is 2.35 bits per heavy atom. The van der Waals surface area contributed by atoms with Crippen LogP contribution in [0.5, 0.6) is 5.75 Å². The number of amides is 1. The molecule has 1 amide bonds. The van der Waals surface area contributed by atoms with E-state index in [1.54, 1.807) is 6.92 Å². The van der Waals surface area contributed by atoms with Crippen LogP contribution in [0, 0.1) is 13.8 Å². The lowest BCUT2D eigenvalue weighted by Gasteiger charge is -2.14. The molecule has 1 aromatic rings. The van der Waals surface area contributed by atoms with Crippen molar-refractivity contribution in [3.05, 3.63) is 23.3 Å². The van der Waals surface area contributed by atoms with Crippen molar-refractivity contribution >= 4 is 27.5 Å². The van der Waals surface area contributed by atoms with Gasteiger partial charge in [0.2, 0.25) is 5.91 Å². The smallest absolute Gasteiger partial charge is 0.237 e. The highest BCUT2D eigenvalue weighted by Crippen LogP contribution is 2.26. The number of carbonyl (C=O) groups excluding carboxylic acids is 1. The van der Waals surface area contributed by atoms with Crippen molar-refractivity contribution in [1.29, 1.82) is 0 Å². The van der Waals surface area contributed by atoms with E-state index in [0.717, 1.165) is 22.6 Å². The molecule has 94 valence electrons. The highest BCUT2D eigenvalue weighted by Gasteiger charge is 2.12. The molecule has 0 aliphatic rings. The average molecular weight is 300 g/mol. The normalized spacial score (nSPS) is 12.1. The minimum absolute atomic E-state index is 0.0413. The van der Waals surface area contributed by atoms with Gasteiger partial charge in [-0.15, -0.1) is 0 Å². The molecule has 4 heteroatoms. The van der Waals surface area contributed by atoms with Crippen molar-refractivity contribution in [2.75, 3.05) is 11.9 Å². The second kappa shape index (κ2) is 6.05. The van der Waals surface area contributed by atoms with Gasteiger partial charge in [0.05, 0.1) is 11.4 Å². The van der Waals surface area contributed by atoms with Crippen LogP contribution in [0.4, 0.5) is 5.69 Å². The SMILES string of the molecule is CCOc1cc(C)c(NC(=O)[C@@H](C)Br)c(C)c1. The number of ether oxygens (including phenoxy) is 1. The van der Waals surface area contributed by atoms with Gasteiger partial charge in [-0.1, -0.05) is 15.9 Å². The van der Waals surface area contributed by atoms with Crippen molar-refractivity contribution in [2.45, 2.75) is 32.5 Å². The van der Waals surface area contributed by atoms with Gasteiger partial charge in [-0.3, -0.25) is 4.79 Å².